The van der Waals surface area contributed by atoms with E-state index >= 15 is 0 Å². The molecule has 3 atom stereocenters. The first kappa shape index (κ1) is 15.3. The first-order valence-corrected chi connectivity index (χ1v) is 7.33. The van der Waals surface area contributed by atoms with Crippen molar-refractivity contribution < 1.29 is 14.7 Å². The lowest BCUT2D eigenvalue weighted by molar-refractivity contribution is -0.126. The molecule has 1 N–H and O–H groups in total. The van der Waals surface area contributed by atoms with E-state index in [2.05, 4.69) is 0 Å². The Labute approximate surface area is 124 Å². The summed E-state index contributed by atoms with van der Waals surface area (Å²) < 4.78 is 0. The third-order valence-electron chi connectivity index (χ3n) is 3.52. The van der Waals surface area contributed by atoms with Gasteiger partial charge in [0.1, 0.15) is 6.10 Å². The lowest BCUT2D eigenvalue weighted by Gasteiger charge is -2.27. The summed E-state index contributed by atoms with van der Waals surface area (Å²) in [4.78, 5) is 17.3. The number of aliphatic hydroxyl groups excluding tert-OH is 1. The van der Waals surface area contributed by atoms with Crippen LogP contribution in [0.25, 0.3) is 0 Å². The van der Waals surface area contributed by atoms with Gasteiger partial charge < -0.3 is 5.11 Å². The van der Waals surface area contributed by atoms with Gasteiger partial charge in [-0.15, -0.1) is 11.6 Å². The summed E-state index contributed by atoms with van der Waals surface area (Å²) in [5.41, 5.74) is 0.899. The number of hydroxylamine groups is 1. The number of ketones is 1. The Morgan fingerprint density at radius 1 is 1.50 bits per heavy atom. The van der Waals surface area contributed by atoms with Crippen LogP contribution in [0.5, 0.6) is 0 Å². The fourth-order valence-corrected chi connectivity index (χ4v) is 2.77. The van der Waals surface area contributed by atoms with Gasteiger partial charge in [0.25, 0.3) is 0 Å². The Hall–Kier alpha value is -1.10. The van der Waals surface area contributed by atoms with Crippen LogP contribution in [0.4, 0.5) is 5.69 Å². The predicted molar refractivity (Wildman–Crippen MR) is 78.8 cm³/mol. The number of rotatable bonds is 6. The summed E-state index contributed by atoms with van der Waals surface area (Å²) in [5, 5.41) is 10.5. The minimum atomic E-state index is -0.435. The van der Waals surface area contributed by atoms with E-state index in [9.17, 15) is 4.79 Å². The van der Waals surface area contributed by atoms with Gasteiger partial charge in [-0.1, -0.05) is 18.2 Å². The quantitative estimate of drug-likeness (QED) is 0.820. The molecule has 0 spiro atoms. The van der Waals surface area contributed by atoms with Gasteiger partial charge in [-0.3, -0.25) is 9.63 Å². The minimum Gasteiger partial charge on any atom is -0.396 e. The molecule has 110 valence electrons. The lowest BCUT2D eigenvalue weighted by Crippen LogP contribution is -2.35. The van der Waals surface area contributed by atoms with Crippen molar-refractivity contribution >= 4 is 23.1 Å². The highest BCUT2D eigenvalue weighted by molar-refractivity contribution is 6.21. The van der Waals surface area contributed by atoms with Crippen molar-refractivity contribution in [3.63, 3.8) is 0 Å². The van der Waals surface area contributed by atoms with Crippen molar-refractivity contribution in [2.45, 2.75) is 43.7 Å². The molecular weight excluding hydrogens is 278 g/mol. The van der Waals surface area contributed by atoms with Crippen LogP contribution in [0, 0.1) is 0 Å². The molecule has 20 heavy (non-hydrogen) atoms. The third kappa shape index (κ3) is 3.51. The summed E-state index contributed by atoms with van der Waals surface area (Å²) in [6.45, 7) is 1.66. The Morgan fingerprint density at radius 2 is 2.20 bits per heavy atom. The zero-order chi connectivity index (χ0) is 14.5. The Bertz CT molecular complexity index is 440. The van der Waals surface area contributed by atoms with Gasteiger partial charge in [0.15, 0.2) is 5.78 Å². The molecule has 4 nitrogen and oxygen atoms in total. The van der Waals surface area contributed by atoms with Crippen molar-refractivity contribution in [2.75, 3.05) is 11.7 Å². The summed E-state index contributed by atoms with van der Waals surface area (Å²) in [5.74, 6) is 0.0134. The van der Waals surface area contributed by atoms with Gasteiger partial charge in [-0.2, -0.15) is 0 Å². The molecule has 1 aromatic carbocycles. The topological polar surface area (TPSA) is 49.8 Å². The van der Waals surface area contributed by atoms with Crippen molar-refractivity contribution in [1.82, 2.24) is 0 Å². The molecule has 1 saturated heterocycles. The van der Waals surface area contributed by atoms with Crippen LogP contribution in [-0.2, 0) is 9.63 Å². The highest BCUT2D eigenvalue weighted by atomic mass is 35.5. The molecule has 5 heteroatoms. The van der Waals surface area contributed by atoms with Crippen LogP contribution in [-0.4, -0.2) is 35.0 Å². The second kappa shape index (κ2) is 7.07. The number of carbonyl (C=O) groups is 1. The zero-order valence-electron chi connectivity index (χ0n) is 11.5. The second-order valence-corrected chi connectivity index (χ2v) is 5.61. The number of Topliss-reactive ketones (excluding diaryl/α,β-unsaturated/α-hetero) is 1. The summed E-state index contributed by atoms with van der Waals surface area (Å²) in [6, 6.07) is 9.60. The van der Waals surface area contributed by atoms with Crippen molar-refractivity contribution in [3.05, 3.63) is 30.3 Å². The average molecular weight is 298 g/mol. The molecule has 1 heterocycles. The summed E-state index contributed by atoms with van der Waals surface area (Å²) in [6.07, 6.45) is 1.50. The van der Waals surface area contributed by atoms with Crippen LogP contribution in [0.2, 0.25) is 0 Å². The standard InChI is InChI=1S/C15H20ClNO3/c1-11(19)15-10-14(13(16)8-5-9-18)17(20-15)12-6-3-2-4-7-12/h2-4,6-7,13-15,18H,5,8-10H2,1H3/t13?,14-,15+/m0/s1. The number of hydrogen-bond acceptors (Lipinski definition) is 4. The average Bonchev–Trinajstić information content (AvgIpc) is 2.91. The van der Waals surface area contributed by atoms with E-state index in [0.29, 0.717) is 19.3 Å². The van der Waals surface area contributed by atoms with Crippen LogP contribution < -0.4 is 5.06 Å². The van der Waals surface area contributed by atoms with Crippen LogP contribution in [0.3, 0.4) is 0 Å². The SMILES string of the molecule is CC(=O)[C@H]1C[C@@H](C(Cl)CCCO)N(c2ccccc2)O1. The molecule has 1 aromatic rings. The number of hydrogen-bond donors (Lipinski definition) is 1. The minimum absolute atomic E-state index is 0.0134. The number of nitrogens with zero attached hydrogens (tertiary/aromatic N) is 1. The highest BCUT2D eigenvalue weighted by Gasteiger charge is 2.39. The van der Waals surface area contributed by atoms with Crippen molar-refractivity contribution in [3.8, 4) is 0 Å². The van der Waals surface area contributed by atoms with E-state index in [1.807, 2.05) is 30.3 Å². The number of anilines is 1. The molecule has 2 rings (SSSR count). The molecule has 0 radical (unpaired) electrons. The summed E-state index contributed by atoms with van der Waals surface area (Å²) in [7, 11) is 0. The molecule has 1 aliphatic heterocycles. The zero-order valence-corrected chi connectivity index (χ0v) is 12.3. The van der Waals surface area contributed by atoms with E-state index in [0.717, 1.165) is 5.69 Å². The Balaban J connectivity index is 2.15. The molecular formula is C15H20ClNO3. The van der Waals surface area contributed by atoms with Crippen LogP contribution in [0.15, 0.2) is 30.3 Å². The number of halogens is 1. The van der Waals surface area contributed by atoms with E-state index in [1.54, 1.807) is 5.06 Å². The number of benzene rings is 1. The Kier molecular flexibility index (Phi) is 5.40. The third-order valence-corrected chi connectivity index (χ3v) is 4.03. The lowest BCUT2D eigenvalue weighted by atomic mass is 10.0. The number of alkyl halides is 1. The molecule has 1 unspecified atom stereocenters. The number of aliphatic hydroxyl groups is 1. The molecule has 0 bridgehead atoms. The summed E-state index contributed by atoms with van der Waals surface area (Å²) >= 11 is 6.44. The van der Waals surface area contributed by atoms with E-state index < -0.39 is 6.10 Å². The maximum Gasteiger partial charge on any atom is 0.161 e. The van der Waals surface area contributed by atoms with Gasteiger partial charge in [0, 0.05) is 13.0 Å². The van der Waals surface area contributed by atoms with Crippen molar-refractivity contribution in [2.24, 2.45) is 0 Å². The van der Waals surface area contributed by atoms with Crippen LogP contribution >= 0.6 is 11.6 Å². The van der Waals surface area contributed by atoms with Gasteiger partial charge in [0.05, 0.1) is 17.1 Å². The number of carbonyl (C=O) groups excluding carboxylic acids is 1. The van der Waals surface area contributed by atoms with Gasteiger partial charge in [-0.05, 0) is 31.9 Å². The van der Waals surface area contributed by atoms with E-state index in [1.165, 1.54) is 6.92 Å². The predicted octanol–water partition coefficient (Wildman–Crippen LogP) is 2.53. The first-order valence-electron chi connectivity index (χ1n) is 6.90. The highest BCUT2D eigenvalue weighted by Crippen LogP contribution is 2.33. The normalized spacial score (nSPS) is 23.9. The molecule has 0 aliphatic carbocycles. The smallest absolute Gasteiger partial charge is 0.161 e. The monoisotopic (exact) mass is 297 g/mol. The first-order chi connectivity index (χ1) is 9.63. The van der Waals surface area contributed by atoms with Gasteiger partial charge in [-0.25, -0.2) is 5.06 Å². The molecule has 0 aromatic heterocycles. The van der Waals surface area contributed by atoms with Crippen LogP contribution in [0.1, 0.15) is 26.2 Å². The maximum atomic E-state index is 11.6. The van der Waals surface area contributed by atoms with E-state index in [-0.39, 0.29) is 23.8 Å². The molecule has 0 saturated carbocycles. The largest absolute Gasteiger partial charge is 0.396 e. The molecule has 1 fully saturated rings. The fraction of sp³-hybridized carbons (Fsp3) is 0.533. The van der Waals surface area contributed by atoms with E-state index in [4.69, 9.17) is 21.5 Å². The van der Waals surface area contributed by atoms with Gasteiger partial charge >= 0.3 is 0 Å². The fourth-order valence-electron chi connectivity index (χ4n) is 2.41. The maximum absolute atomic E-state index is 11.6. The number of para-hydroxylation sites is 1. The molecule has 0 amide bonds. The van der Waals surface area contributed by atoms with Crippen molar-refractivity contribution in [1.29, 1.82) is 0 Å². The Morgan fingerprint density at radius 3 is 2.80 bits per heavy atom. The molecule has 1 aliphatic rings. The second-order valence-electron chi connectivity index (χ2n) is 5.05. The van der Waals surface area contributed by atoms with Gasteiger partial charge in [0.2, 0.25) is 0 Å².